The molecule has 3 rings (SSSR count). The van der Waals surface area contributed by atoms with Gasteiger partial charge in [-0.3, -0.25) is 4.79 Å². The average molecular weight is 371 g/mol. The van der Waals surface area contributed by atoms with Crippen molar-refractivity contribution < 1.29 is 4.79 Å². The fourth-order valence-corrected chi connectivity index (χ4v) is 3.49. The molecule has 1 aliphatic heterocycles. The highest BCUT2D eigenvalue weighted by atomic mass is 79.9. The van der Waals surface area contributed by atoms with Crippen molar-refractivity contribution in [1.29, 1.82) is 0 Å². The van der Waals surface area contributed by atoms with Gasteiger partial charge in [0.25, 0.3) is 0 Å². The molecule has 1 unspecified atom stereocenters. The summed E-state index contributed by atoms with van der Waals surface area (Å²) >= 11 is 15.9. The molecule has 2 nitrogen and oxygen atoms in total. The van der Waals surface area contributed by atoms with Crippen molar-refractivity contribution in [2.24, 2.45) is 0 Å². The predicted molar refractivity (Wildman–Crippen MR) is 86.0 cm³/mol. The van der Waals surface area contributed by atoms with Gasteiger partial charge >= 0.3 is 0 Å². The smallest absolute Gasteiger partial charge is 0.228 e. The van der Waals surface area contributed by atoms with Crippen LogP contribution in [0.2, 0.25) is 10.0 Å². The van der Waals surface area contributed by atoms with Gasteiger partial charge in [-0.05, 0) is 34.9 Å². The molecule has 0 aliphatic carbocycles. The standard InChI is InChI=1S/C15H10BrCl2NO/c16-15(8-1-3-10(17)4-2-8)11-5-9-6-14(20)19-13(9)7-12(11)18/h1-5,7,15H,6H2,(H,19,20). The van der Waals surface area contributed by atoms with Gasteiger partial charge in [-0.1, -0.05) is 57.3 Å². The van der Waals surface area contributed by atoms with E-state index in [1.165, 1.54) is 0 Å². The Labute approximate surface area is 135 Å². The Morgan fingerprint density at radius 1 is 1.15 bits per heavy atom. The second-order valence-electron chi connectivity index (χ2n) is 4.67. The van der Waals surface area contributed by atoms with Gasteiger partial charge in [0.15, 0.2) is 0 Å². The van der Waals surface area contributed by atoms with Crippen LogP contribution in [-0.4, -0.2) is 5.91 Å². The van der Waals surface area contributed by atoms with E-state index in [2.05, 4.69) is 21.2 Å². The summed E-state index contributed by atoms with van der Waals surface area (Å²) < 4.78 is 0. The molecule has 1 heterocycles. The van der Waals surface area contributed by atoms with Crippen molar-refractivity contribution in [2.75, 3.05) is 5.32 Å². The molecule has 20 heavy (non-hydrogen) atoms. The van der Waals surface area contributed by atoms with Gasteiger partial charge in [0, 0.05) is 15.7 Å². The molecule has 1 amide bonds. The van der Waals surface area contributed by atoms with Gasteiger partial charge in [-0.15, -0.1) is 0 Å². The number of nitrogens with one attached hydrogen (secondary N) is 1. The molecular formula is C15H10BrCl2NO. The number of fused-ring (bicyclic) bond motifs is 1. The Morgan fingerprint density at radius 3 is 2.55 bits per heavy atom. The minimum atomic E-state index is -0.0340. The lowest BCUT2D eigenvalue weighted by molar-refractivity contribution is -0.115. The average Bonchev–Trinajstić information content (AvgIpc) is 2.77. The maximum atomic E-state index is 11.4. The van der Waals surface area contributed by atoms with Crippen LogP contribution in [0.3, 0.4) is 0 Å². The fraction of sp³-hybridized carbons (Fsp3) is 0.133. The highest BCUT2D eigenvalue weighted by molar-refractivity contribution is 9.09. The second-order valence-corrected chi connectivity index (χ2v) is 6.43. The Kier molecular flexibility index (Phi) is 3.76. The van der Waals surface area contributed by atoms with Crippen molar-refractivity contribution >= 4 is 50.7 Å². The summed E-state index contributed by atoms with van der Waals surface area (Å²) in [5.41, 5.74) is 3.80. The van der Waals surface area contributed by atoms with E-state index in [-0.39, 0.29) is 10.7 Å². The van der Waals surface area contributed by atoms with Crippen LogP contribution >= 0.6 is 39.1 Å². The second kappa shape index (κ2) is 5.40. The summed E-state index contributed by atoms with van der Waals surface area (Å²) in [7, 11) is 0. The van der Waals surface area contributed by atoms with Gasteiger partial charge in [0.1, 0.15) is 0 Å². The van der Waals surface area contributed by atoms with Crippen molar-refractivity contribution in [3.05, 3.63) is 63.1 Å². The number of carbonyl (C=O) groups is 1. The van der Waals surface area contributed by atoms with E-state index in [4.69, 9.17) is 23.2 Å². The maximum absolute atomic E-state index is 11.4. The van der Waals surface area contributed by atoms with E-state index in [0.29, 0.717) is 16.5 Å². The van der Waals surface area contributed by atoms with Crippen molar-refractivity contribution in [1.82, 2.24) is 0 Å². The summed E-state index contributed by atoms with van der Waals surface area (Å²) in [6.07, 6.45) is 0.403. The monoisotopic (exact) mass is 369 g/mol. The Morgan fingerprint density at radius 2 is 1.85 bits per heavy atom. The molecule has 0 spiro atoms. The zero-order chi connectivity index (χ0) is 14.3. The van der Waals surface area contributed by atoms with Crippen LogP contribution in [0.1, 0.15) is 21.5 Å². The molecule has 1 aliphatic rings. The Bertz CT molecular complexity index is 685. The quantitative estimate of drug-likeness (QED) is 0.742. The number of carbonyl (C=O) groups excluding carboxylic acids is 1. The van der Waals surface area contributed by atoms with E-state index in [1.54, 1.807) is 6.07 Å². The molecule has 0 saturated heterocycles. The van der Waals surface area contributed by atoms with Crippen molar-refractivity contribution in [3.63, 3.8) is 0 Å². The van der Waals surface area contributed by atoms with Gasteiger partial charge < -0.3 is 5.32 Å². The number of halogens is 3. The highest BCUT2D eigenvalue weighted by Gasteiger charge is 2.22. The van der Waals surface area contributed by atoms with E-state index in [1.807, 2.05) is 30.3 Å². The number of hydrogen-bond donors (Lipinski definition) is 1. The molecule has 0 saturated carbocycles. The predicted octanol–water partition coefficient (Wildman–Crippen LogP) is 4.97. The molecule has 0 fully saturated rings. The first-order chi connectivity index (χ1) is 9.54. The summed E-state index contributed by atoms with van der Waals surface area (Å²) in [4.78, 5) is 11.4. The molecule has 5 heteroatoms. The van der Waals surface area contributed by atoms with Crippen LogP contribution in [0, 0.1) is 0 Å². The topological polar surface area (TPSA) is 29.1 Å². The number of benzene rings is 2. The molecule has 1 atom stereocenters. The SMILES string of the molecule is O=C1Cc2cc(C(Br)c3ccc(Cl)cc3)c(Cl)cc2N1. The molecule has 102 valence electrons. The zero-order valence-electron chi connectivity index (χ0n) is 10.3. The Hall–Kier alpha value is -1.03. The molecule has 1 N–H and O–H groups in total. The van der Waals surface area contributed by atoms with E-state index < -0.39 is 0 Å². The largest absolute Gasteiger partial charge is 0.325 e. The normalized spacial score (nSPS) is 14.8. The third-order valence-electron chi connectivity index (χ3n) is 3.28. The first kappa shape index (κ1) is 13.9. The maximum Gasteiger partial charge on any atom is 0.228 e. The first-order valence-corrected chi connectivity index (χ1v) is 7.73. The first-order valence-electron chi connectivity index (χ1n) is 6.06. The number of hydrogen-bond acceptors (Lipinski definition) is 1. The zero-order valence-corrected chi connectivity index (χ0v) is 13.4. The van der Waals surface area contributed by atoms with E-state index in [9.17, 15) is 4.79 Å². The number of amides is 1. The minimum Gasteiger partial charge on any atom is -0.325 e. The molecule has 2 aromatic rings. The van der Waals surface area contributed by atoms with Crippen LogP contribution in [0.4, 0.5) is 5.69 Å². The molecular weight excluding hydrogens is 361 g/mol. The van der Waals surface area contributed by atoms with Crippen LogP contribution < -0.4 is 5.32 Å². The summed E-state index contributed by atoms with van der Waals surface area (Å²) in [5.74, 6) is 0.00540. The number of rotatable bonds is 2. The summed E-state index contributed by atoms with van der Waals surface area (Å²) in [5, 5.41) is 4.12. The fourth-order valence-electron chi connectivity index (χ4n) is 2.27. The number of anilines is 1. The van der Waals surface area contributed by atoms with Crippen molar-refractivity contribution in [2.45, 2.75) is 11.2 Å². The summed E-state index contributed by atoms with van der Waals surface area (Å²) in [6.45, 7) is 0. The van der Waals surface area contributed by atoms with Gasteiger partial charge in [0.2, 0.25) is 5.91 Å². The Balaban J connectivity index is 2.00. The molecule has 2 aromatic carbocycles. The third kappa shape index (κ3) is 2.58. The third-order valence-corrected chi connectivity index (χ3v) is 4.88. The molecule has 0 radical (unpaired) electrons. The van der Waals surface area contributed by atoms with Crippen LogP contribution in [0.15, 0.2) is 36.4 Å². The van der Waals surface area contributed by atoms with Crippen LogP contribution in [-0.2, 0) is 11.2 Å². The lowest BCUT2D eigenvalue weighted by Gasteiger charge is -2.14. The van der Waals surface area contributed by atoms with Gasteiger partial charge in [-0.2, -0.15) is 0 Å². The minimum absolute atomic E-state index is 0.00540. The lowest BCUT2D eigenvalue weighted by atomic mass is 10.0. The summed E-state index contributed by atoms with van der Waals surface area (Å²) in [6, 6.07) is 11.4. The van der Waals surface area contributed by atoms with Crippen LogP contribution in [0.5, 0.6) is 0 Å². The van der Waals surface area contributed by atoms with Gasteiger partial charge in [0.05, 0.1) is 11.2 Å². The molecule has 0 bridgehead atoms. The van der Waals surface area contributed by atoms with Crippen LogP contribution in [0.25, 0.3) is 0 Å². The highest BCUT2D eigenvalue weighted by Crippen LogP contribution is 2.39. The number of alkyl halides is 1. The lowest BCUT2D eigenvalue weighted by Crippen LogP contribution is -2.03. The molecule has 0 aromatic heterocycles. The van der Waals surface area contributed by atoms with Gasteiger partial charge in [-0.25, -0.2) is 0 Å². The van der Waals surface area contributed by atoms with Crippen molar-refractivity contribution in [3.8, 4) is 0 Å². The van der Waals surface area contributed by atoms with E-state index in [0.717, 1.165) is 22.4 Å². The van der Waals surface area contributed by atoms with E-state index >= 15 is 0 Å².